The van der Waals surface area contributed by atoms with Crippen LogP contribution in [-0.2, 0) is 0 Å². The van der Waals surface area contributed by atoms with E-state index in [1.54, 1.807) is 25.4 Å². The van der Waals surface area contributed by atoms with E-state index in [4.69, 9.17) is 0 Å². The molecular weight excluding hydrogens is 226 g/mol. The van der Waals surface area contributed by atoms with Crippen LogP contribution in [0.4, 0.5) is 5.82 Å². The molecule has 1 amide bonds. The van der Waals surface area contributed by atoms with E-state index in [9.17, 15) is 4.79 Å². The smallest absolute Gasteiger partial charge is 0.255 e. The second-order valence-corrected chi connectivity index (χ2v) is 4.86. The van der Waals surface area contributed by atoms with Gasteiger partial charge in [0.1, 0.15) is 5.82 Å². The predicted molar refractivity (Wildman–Crippen MR) is 72.7 cm³/mol. The van der Waals surface area contributed by atoms with Crippen molar-refractivity contribution in [2.24, 2.45) is 5.92 Å². The molecule has 0 atom stereocenters. The highest BCUT2D eigenvalue weighted by Crippen LogP contribution is 2.23. The molecule has 98 valence electrons. The molecule has 0 aliphatic heterocycles. The van der Waals surface area contributed by atoms with Crippen LogP contribution in [0.25, 0.3) is 0 Å². The third-order valence-corrected chi connectivity index (χ3v) is 3.57. The minimum Gasteiger partial charge on any atom is -0.372 e. The van der Waals surface area contributed by atoms with Gasteiger partial charge in [-0.05, 0) is 30.9 Å². The number of nitrogens with one attached hydrogen (secondary N) is 2. The minimum absolute atomic E-state index is 0.0296. The monoisotopic (exact) mass is 247 g/mol. The lowest BCUT2D eigenvalue weighted by atomic mass is 9.89. The van der Waals surface area contributed by atoms with Crippen molar-refractivity contribution in [2.45, 2.75) is 32.1 Å². The molecule has 2 rings (SSSR count). The summed E-state index contributed by atoms with van der Waals surface area (Å²) in [5.74, 6) is 1.26. The fourth-order valence-electron chi connectivity index (χ4n) is 2.51. The second kappa shape index (κ2) is 6.38. The molecule has 1 heterocycles. The lowest BCUT2D eigenvalue weighted by Gasteiger charge is -2.21. The van der Waals surface area contributed by atoms with Gasteiger partial charge < -0.3 is 10.6 Å². The van der Waals surface area contributed by atoms with E-state index >= 15 is 0 Å². The van der Waals surface area contributed by atoms with Gasteiger partial charge in [-0.3, -0.25) is 4.79 Å². The van der Waals surface area contributed by atoms with Gasteiger partial charge in [0.25, 0.3) is 5.91 Å². The number of rotatable bonds is 4. The molecule has 1 aliphatic carbocycles. The highest BCUT2D eigenvalue weighted by atomic mass is 16.1. The van der Waals surface area contributed by atoms with E-state index in [1.165, 1.54) is 32.1 Å². The first-order valence-electron chi connectivity index (χ1n) is 6.72. The van der Waals surface area contributed by atoms with Crippen molar-refractivity contribution in [3.05, 3.63) is 23.9 Å². The summed E-state index contributed by atoms with van der Waals surface area (Å²) in [4.78, 5) is 16.2. The molecule has 1 aromatic heterocycles. The third-order valence-electron chi connectivity index (χ3n) is 3.57. The number of carbonyl (C=O) groups excluding carboxylic acids is 1. The lowest BCUT2D eigenvalue weighted by molar-refractivity contribution is 0.0944. The number of hydrogen-bond acceptors (Lipinski definition) is 3. The molecule has 1 aliphatic rings. The molecule has 1 aromatic rings. The van der Waals surface area contributed by atoms with Gasteiger partial charge in [0, 0.05) is 19.8 Å². The Hall–Kier alpha value is -1.58. The van der Waals surface area contributed by atoms with Gasteiger partial charge in [0.2, 0.25) is 0 Å². The van der Waals surface area contributed by atoms with Crippen LogP contribution in [0.1, 0.15) is 42.5 Å². The number of hydrogen-bond donors (Lipinski definition) is 2. The molecule has 4 heteroatoms. The van der Waals surface area contributed by atoms with Crippen LogP contribution in [0.5, 0.6) is 0 Å². The number of aromatic nitrogens is 1. The van der Waals surface area contributed by atoms with E-state index in [1.807, 2.05) is 0 Å². The molecule has 0 saturated heterocycles. The van der Waals surface area contributed by atoms with E-state index in [-0.39, 0.29) is 5.91 Å². The van der Waals surface area contributed by atoms with E-state index in [0.29, 0.717) is 17.3 Å². The van der Waals surface area contributed by atoms with Crippen LogP contribution < -0.4 is 10.6 Å². The van der Waals surface area contributed by atoms with Gasteiger partial charge >= 0.3 is 0 Å². The number of amides is 1. The molecule has 1 fully saturated rings. The minimum atomic E-state index is -0.0296. The molecule has 4 nitrogen and oxygen atoms in total. The standard InChI is InChI=1S/C14H21N3O/c1-15-13-12(8-5-9-16-13)14(18)17-10-11-6-3-2-4-7-11/h5,8-9,11H,2-4,6-7,10H2,1H3,(H,15,16)(H,17,18). The first kappa shape index (κ1) is 12.9. The second-order valence-electron chi connectivity index (χ2n) is 4.86. The fourth-order valence-corrected chi connectivity index (χ4v) is 2.51. The molecule has 0 radical (unpaired) electrons. The molecule has 0 bridgehead atoms. The van der Waals surface area contributed by atoms with Crippen LogP contribution >= 0.6 is 0 Å². The van der Waals surface area contributed by atoms with Crippen LogP contribution in [-0.4, -0.2) is 24.5 Å². The SMILES string of the molecule is CNc1ncccc1C(=O)NCC1CCCCC1. The average molecular weight is 247 g/mol. The van der Waals surface area contributed by atoms with Crippen LogP contribution in [0.3, 0.4) is 0 Å². The zero-order chi connectivity index (χ0) is 12.8. The largest absolute Gasteiger partial charge is 0.372 e. The molecule has 1 saturated carbocycles. The van der Waals surface area contributed by atoms with Gasteiger partial charge in [0.05, 0.1) is 5.56 Å². The summed E-state index contributed by atoms with van der Waals surface area (Å²) in [7, 11) is 1.78. The van der Waals surface area contributed by atoms with Crippen LogP contribution in [0, 0.1) is 5.92 Å². The molecule has 0 aromatic carbocycles. The maximum Gasteiger partial charge on any atom is 0.255 e. The topological polar surface area (TPSA) is 54.0 Å². The molecule has 2 N–H and O–H groups in total. The van der Waals surface area contributed by atoms with Crippen molar-refractivity contribution < 1.29 is 4.79 Å². The van der Waals surface area contributed by atoms with Crippen molar-refractivity contribution in [3.8, 4) is 0 Å². The van der Waals surface area contributed by atoms with E-state index < -0.39 is 0 Å². The average Bonchev–Trinajstić information content (AvgIpc) is 2.45. The Balaban J connectivity index is 1.90. The summed E-state index contributed by atoms with van der Waals surface area (Å²) in [6, 6.07) is 3.59. The summed E-state index contributed by atoms with van der Waals surface area (Å²) < 4.78 is 0. The van der Waals surface area contributed by atoms with Crippen molar-refractivity contribution in [3.63, 3.8) is 0 Å². The zero-order valence-electron chi connectivity index (χ0n) is 10.9. The number of anilines is 1. The van der Waals surface area contributed by atoms with Gasteiger partial charge in [-0.1, -0.05) is 19.3 Å². The quantitative estimate of drug-likeness (QED) is 0.859. The van der Waals surface area contributed by atoms with E-state index in [0.717, 1.165) is 6.54 Å². The Morgan fingerprint density at radius 1 is 1.39 bits per heavy atom. The van der Waals surface area contributed by atoms with Gasteiger partial charge in [-0.25, -0.2) is 4.98 Å². The zero-order valence-corrected chi connectivity index (χ0v) is 10.9. The fraction of sp³-hybridized carbons (Fsp3) is 0.571. The molecule has 0 spiro atoms. The molecule has 18 heavy (non-hydrogen) atoms. The summed E-state index contributed by atoms with van der Waals surface area (Å²) in [6.45, 7) is 0.789. The van der Waals surface area contributed by atoms with Crippen molar-refractivity contribution in [1.29, 1.82) is 0 Å². The number of carbonyl (C=O) groups is 1. The Labute approximate surface area is 108 Å². The molecular formula is C14H21N3O. The summed E-state index contributed by atoms with van der Waals surface area (Å²) in [5, 5.41) is 5.97. The Bertz CT molecular complexity index is 400. The highest BCUT2D eigenvalue weighted by molar-refractivity contribution is 5.98. The summed E-state index contributed by atoms with van der Waals surface area (Å²) in [6.07, 6.45) is 8.11. The van der Waals surface area contributed by atoms with Crippen molar-refractivity contribution >= 4 is 11.7 Å². The van der Waals surface area contributed by atoms with Crippen molar-refractivity contribution in [2.75, 3.05) is 18.9 Å². The third kappa shape index (κ3) is 3.22. The molecule has 0 unspecified atom stereocenters. The first-order chi connectivity index (χ1) is 8.81. The van der Waals surface area contributed by atoms with Gasteiger partial charge in [0.15, 0.2) is 0 Å². The predicted octanol–water partition coefficient (Wildman–Crippen LogP) is 2.43. The normalized spacial score (nSPS) is 16.3. The van der Waals surface area contributed by atoms with Crippen LogP contribution in [0.15, 0.2) is 18.3 Å². The first-order valence-corrected chi connectivity index (χ1v) is 6.72. The Kier molecular flexibility index (Phi) is 4.56. The van der Waals surface area contributed by atoms with Gasteiger partial charge in [-0.2, -0.15) is 0 Å². The highest BCUT2D eigenvalue weighted by Gasteiger charge is 2.16. The number of nitrogens with zero attached hydrogens (tertiary/aromatic N) is 1. The van der Waals surface area contributed by atoms with Gasteiger partial charge in [-0.15, -0.1) is 0 Å². The van der Waals surface area contributed by atoms with Crippen molar-refractivity contribution in [1.82, 2.24) is 10.3 Å². The maximum absolute atomic E-state index is 12.1. The van der Waals surface area contributed by atoms with E-state index in [2.05, 4.69) is 15.6 Å². The maximum atomic E-state index is 12.1. The summed E-state index contributed by atoms with van der Waals surface area (Å²) in [5.41, 5.74) is 0.621. The number of pyridine rings is 1. The van der Waals surface area contributed by atoms with Crippen LogP contribution in [0.2, 0.25) is 0 Å². The lowest BCUT2D eigenvalue weighted by Crippen LogP contribution is -2.30. The summed E-state index contributed by atoms with van der Waals surface area (Å²) >= 11 is 0. The Morgan fingerprint density at radius 3 is 2.89 bits per heavy atom. The Morgan fingerprint density at radius 2 is 2.17 bits per heavy atom.